The normalized spacial score (nSPS) is 15.9. The van der Waals surface area contributed by atoms with Crippen LogP contribution in [0.3, 0.4) is 0 Å². The molecule has 6 heteroatoms. The SMILES string of the molecule is Cc1ccc(CN(C)CC(=O)N2CCN(CC(=O)NC(C)(C)C)CC2)cc1. The van der Waals surface area contributed by atoms with Crippen LogP contribution in [0.25, 0.3) is 0 Å². The van der Waals surface area contributed by atoms with E-state index in [9.17, 15) is 9.59 Å². The first kappa shape index (κ1) is 21.4. The molecule has 0 saturated carbocycles. The molecule has 0 spiro atoms. The van der Waals surface area contributed by atoms with Gasteiger partial charge in [-0.15, -0.1) is 0 Å². The Labute approximate surface area is 163 Å². The van der Waals surface area contributed by atoms with Gasteiger partial charge in [0.1, 0.15) is 0 Å². The number of amides is 2. The molecule has 2 rings (SSSR count). The van der Waals surface area contributed by atoms with Gasteiger partial charge in [0.15, 0.2) is 0 Å². The molecule has 1 aliphatic heterocycles. The highest BCUT2D eigenvalue weighted by atomic mass is 16.2. The zero-order valence-corrected chi connectivity index (χ0v) is 17.4. The molecular formula is C21H34N4O2. The van der Waals surface area contributed by atoms with Crippen LogP contribution in [0.1, 0.15) is 31.9 Å². The fourth-order valence-electron chi connectivity index (χ4n) is 3.21. The standard InChI is InChI=1S/C21H34N4O2/c1-17-6-8-18(9-7-17)14-23(5)16-20(27)25-12-10-24(11-13-25)15-19(26)22-21(2,3)4/h6-9H,10-16H2,1-5H3,(H,22,26). The number of hydrogen-bond donors (Lipinski definition) is 1. The van der Waals surface area contributed by atoms with Gasteiger partial charge in [-0.05, 0) is 40.3 Å². The van der Waals surface area contributed by atoms with Crippen molar-refractivity contribution in [1.82, 2.24) is 20.0 Å². The average molecular weight is 375 g/mol. The first-order valence-electron chi connectivity index (χ1n) is 9.67. The van der Waals surface area contributed by atoms with Gasteiger partial charge in [0.25, 0.3) is 0 Å². The van der Waals surface area contributed by atoms with Crippen LogP contribution in [0.5, 0.6) is 0 Å². The predicted octanol–water partition coefficient (Wildman–Crippen LogP) is 1.49. The van der Waals surface area contributed by atoms with E-state index in [0.29, 0.717) is 26.2 Å². The van der Waals surface area contributed by atoms with Crippen molar-refractivity contribution < 1.29 is 9.59 Å². The molecule has 6 nitrogen and oxygen atoms in total. The Kier molecular flexibility index (Phi) is 7.39. The maximum atomic E-state index is 12.6. The second-order valence-corrected chi connectivity index (χ2v) is 8.61. The predicted molar refractivity (Wildman–Crippen MR) is 108 cm³/mol. The molecule has 0 radical (unpaired) electrons. The summed E-state index contributed by atoms with van der Waals surface area (Å²) in [6, 6.07) is 8.41. The van der Waals surface area contributed by atoms with Crippen LogP contribution >= 0.6 is 0 Å². The Bertz CT molecular complexity index is 629. The highest BCUT2D eigenvalue weighted by Crippen LogP contribution is 2.08. The van der Waals surface area contributed by atoms with Crippen LogP contribution in [0.4, 0.5) is 0 Å². The van der Waals surface area contributed by atoms with Gasteiger partial charge in [0.2, 0.25) is 11.8 Å². The zero-order chi connectivity index (χ0) is 20.0. The summed E-state index contributed by atoms with van der Waals surface area (Å²) in [5.74, 6) is 0.198. The third kappa shape index (κ3) is 7.69. The van der Waals surface area contributed by atoms with Crippen molar-refractivity contribution in [3.63, 3.8) is 0 Å². The largest absolute Gasteiger partial charge is 0.350 e. The monoisotopic (exact) mass is 374 g/mol. The molecule has 0 unspecified atom stereocenters. The van der Waals surface area contributed by atoms with E-state index in [-0.39, 0.29) is 17.4 Å². The summed E-state index contributed by atoms with van der Waals surface area (Å²) < 4.78 is 0. The van der Waals surface area contributed by atoms with E-state index in [1.165, 1.54) is 11.1 Å². The summed E-state index contributed by atoms with van der Waals surface area (Å²) in [7, 11) is 1.98. The van der Waals surface area contributed by atoms with Crippen molar-refractivity contribution >= 4 is 11.8 Å². The molecule has 1 aromatic rings. The van der Waals surface area contributed by atoms with E-state index in [1.807, 2.05) is 32.7 Å². The van der Waals surface area contributed by atoms with Gasteiger partial charge in [0, 0.05) is 38.3 Å². The first-order chi connectivity index (χ1) is 12.6. The summed E-state index contributed by atoms with van der Waals surface area (Å²) in [5, 5.41) is 2.99. The molecule has 1 N–H and O–H groups in total. The maximum Gasteiger partial charge on any atom is 0.236 e. The van der Waals surface area contributed by atoms with Crippen LogP contribution < -0.4 is 5.32 Å². The molecule has 1 aromatic carbocycles. The van der Waals surface area contributed by atoms with Gasteiger partial charge in [0.05, 0.1) is 13.1 Å². The van der Waals surface area contributed by atoms with Crippen molar-refractivity contribution in [2.24, 2.45) is 0 Å². The molecule has 0 atom stereocenters. The fourth-order valence-corrected chi connectivity index (χ4v) is 3.21. The van der Waals surface area contributed by atoms with Gasteiger partial charge in [-0.25, -0.2) is 0 Å². The number of nitrogens with zero attached hydrogens (tertiary/aromatic N) is 3. The van der Waals surface area contributed by atoms with E-state index in [4.69, 9.17) is 0 Å². The lowest BCUT2D eigenvalue weighted by molar-refractivity contribution is -0.134. The number of carbonyl (C=O) groups excluding carboxylic acids is 2. The van der Waals surface area contributed by atoms with Crippen molar-refractivity contribution in [1.29, 1.82) is 0 Å². The van der Waals surface area contributed by atoms with Gasteiger partial charge < -0.3 is 10.2 Å². The van der Waals surface area contributed by atoms with Crippen LogP contribution in [0.15, 0.2) is 24.3 Å². The van der Waals surface area contributed by atoms with E-state index in [2.05, 4.69) is 46.3 Å². The highest BCUT2D eigenvalue weighted by molar-refractivity contribution is 5.79. The molecule has 1 fully saturated rings. The molecule has 1 heterocycles. The Morgan fingerprint density at radius 2 is 1.67 bits per heavy atom. The summed E-state index contributed by atoms with van der Waals surface area (Å²) in [5.41, 5.74) is 2.24. The van der Waals surface area contributed by atoms with Crippen LogP contribution in [-0.2, 0) is 16.1 Å². The molecular weight excluding hydrogens is 340 g/mol. The number of rotatable bonds is 6. The molecule has 27 heavy (non-hydrogen) atoms. The number of benzene rings is 1. The number of carbonyl (C=O) groups is 2. The van der Waals surface area contributed by atoms with Crippen LogP contribution in [-0.4, -0.2) is 78.4 Å². The van der Waals surface area contributed by atoms with E-state index < -0.39 is 0 Å². The number of piperazine rings is 1. The second kappa shape index (κ2) is 9.33. The molecule has 2 amide bonds. The van der Waals surface area contributed by atoms with Crippen molar-refractivity contribution in [2.75, 3.05) is 46.3 Å². The maximum absolute atomic E-state index is 12.6. The molecule has 150 valence electrons. The lowest BCUT2D eigenvalue weighted by Gasteiger charge is -2.35. The minimum atomic E-state index is -0.211. The topological polar surface area (TPSA) is 55.9 Å². The van der Waals surface area contributed by atoms with Crippen LogP contribution in [0, 0.1) is 6.92 Å². The van der Waals surface area contributed by atoms with Crippen molar-refractivity contribution in [3.05, 3.63) is 35.4 Å². The molecule has 1 saturated heterocycles. The lowest BCUT2D eigenvalue weighted by atomic mass is 10.1. The minimum Gasteiger partial charge on any atom is -0.350 e. The Morgan fingerprint density at radius 1 is 1.07 bits per heavy atom. The number of likely N-dealkylation sites (N-methyl/N-ethyl adjacent to an activating group) is 1. The van der Waals surface area contributed by atoms with Crippen molar-refractivity contribution in [2.45, 2.75) is 39.8 Å². The van der Waals surface area contributed by atoms with Gasteiger partial charge >= 0.3 is 0 Å². The Balaban J connectivity index is 1.72. The van der Waals surface area contributed by atoms with Gasteiger partial charge in [-0.3, -0.25) is 19.4 Å². The van der Waals surface area contributed by atoms with E-state index in [0.717, 1.165) is 19.6 Å². The first-order valence-corrected chi connectivity index (χ1v) is 9.67. The number of hydrogen-bond acceptors (Lipinski definition) is 4. The lowest BCUT2D eigenvalue weighted by Crippen LogP contribution is -2.54. The fraction of sp³-hybridized carbons (Fsp3) is 0.619. The smallest absolute Gasteiger partial charge is 0.236 e. The van der Waals surface area contributed by atoms with Crippen molar-refractivity contribution in [3.8, 4) is 0 Å². The number of nitrogens with one attached hydrogen (secondary N) is 1. The Morgan fingerprint density at radius 3 is 2.22 bits per heavy atom. The third-order valence-electron chi connectivity index (χ3n) is 4.58. The van der Waals surface area contributed by atoms with Crippen LogP contribution in [0.2, 0.25) is 0 Å². The molecule has 0 bridgehead atoms. The third-order valence-corrected chi connectivity index (χ3v) is 4.58. The summed E-state index contributed by atoms with van der Waals surface area (Å²) in [4.78, 5) is 30.7. The van der Waals surface area contributed by atoms with Gasteiger partial charge in [-0.1, -0.05) is 29.8 Å². The van der Waals surface area contributed by atoms with E-state index in [1.54, 1.807) is 0 Å². The second-order valence-electron chi connectivity index (χ2n) is 8.61. The average Bonchev–Trinajstić information content (AvgIpc) is 2.55. The zero-order valence-electron chi connectivity index (χ0n) is 17.4. The molecule has 1 aliphatic rings. The molecule has 0 aromatic heterocycles. The Hall–Kier alpha value is -1.92. The van der Waals surface area contributed by atoms with E-state index >= 15 is 0 Å². The number of aryl methyl sites for hydroxylation is 1. The minimum absolute atomic E-state index is 0.0418. The molecule has 0 aliphatic carbocycles. The summed E-state index contributed by atoms with van der Waals surface area (Å²) >= 11 is 0. The quantitative estimate of drug-likeness (QED) is 0.820. The highest BCUT2D eigenvalue weighted by Gasteiger charge is 2.24. The summed E-state index contributed by atoms with van der Waals surface area (Å²) in [6.07, 6.45) is 0. The summed E-state index contributed by atoms with van der Waals surface area (Å²) in [6.45, 7) is 12.4. The van der Waals surface area contributed by atoms with Gasteiger partial charge in [-0.2, -0.15) is 0 Å².